The number of carbonyl (C=O) groups excluding carboxylic acids is 3. The molecule has 5 aromatic rings. The van der Waals surface area contributed by atoms with Crippen LogP contribution < -0.4 is 0 Å². The maximum absolute atomic E-state index is 12.9. The van der Waals surface area contributed by atoms with Crippen LogP contribution in [-0.2, 0) is 15.9 Å². The zero-order valence-corrected chi connectivity index (χ0v) is 26.2. The Kier molecular flexibility index (Phi) is 7.43. The van der Waals surface area contributed by atoms with Crippen molar-refractivity contribution >= 4 is 82.3 Å². The van der Waals surface area contributed by atoms with E-state index in [-0.39, 0.29) is 24.7 Å². The van der Waals surface area contributed by atoms with Crippen LogP contribution in [0.1, 0.15) is 80.1 Å². The number of fused-ring (bicyclic) bond motifs is 4. The third kappa shape index (κ3) is 4.37. The van der Waals surface area contributed by atoms with E-state index < -0.39 is 11.9 Å². The van der Waals surface area contributed by atoms with Crippen molar-refractivity contribution in [3.05, 3.63) is 66.0 Å². The molecule has 3 heterocycles. The molecule has 0 aliphatic heterocycles. The SMILES string of the molecule is CCOC(=O)c1[nH]c(Cc2c3[nH]c(C(=O)OCC)c(C)c3c(C)c3[nH]c4c(Br)cc(Br)cc4c23)c(C(C)=O)c1C. The molecule has 40 heavy (non-hydrogen) atoms. The predicted octanol–water partition coefficient (Wildman–Crippen LogP) is 7.73. The third-order valence-electron chi connectivity index (χ3n) is 7.42. The van der Waals surface area contributed by atoms with Gasteiger partial charge in [0.1, 0.15) is 11.4 Å². The fraction of sp³-hybridized carbons (Fsp3) is 0.300. The van der Waals surface area contributed by atoms with Crippen molar-refractivity contribution < 1.29 is 23.9 Å². The summed E-state index contributed by atoms with van der Waals surface area (Å²) in [5, 5.41) is 2.84. The first-order valence-electron chi connectivity index (χ1n) is 13.0. The molecular weight excluding hydrogens is 642 g/mol. The summed E-state index contributed by atoms with van der Waals surface area (Å²) in [5.74, 6) is -1.09. The second-order valence-electron chi connectivity index (χ2n) is 9.82. The lowest BCUT2D eigenvalue weighted by Gasteiger charge is -2.11. The molecule has 0 unspecified atom stereocenters. The monoisotopic (exact) mass is 669 g/mol. The van der Waals surface area contributed by atoms with Crippen LogP contribution in [0.15, 0.2) is 21.1 Å². The summed E-state index contributed by atoms with van der Waals surface area (Å²) >= 11 is 7.32. The van der Waals surface area contributed by atoms with Crippen molar-refractivity contribution in [2.45, 2.75) is 48.0 Å². The fourth-order valence-corrected chi connectivity index (χ4v) is 7.11. The number of halogens is 2. The molecule has 5 rings (SSSR count). The van der Waals surface area contributed by atoms with E-state index in [1.165, 1.54) is 6.92 Å². The van der Waals surface area contributed by atoms with Crippen molar-refractivity contribution in [2.24, 2.45) is 0 Å². The molecular formula is C30H29Br2N3O5. The van der Waals surface area contributed by atoms with Gasteiger partial charge >= 0.3 is 11.9 Å². The summed E-state index contributed by atoms with van der Waals surface area (Å²) in [6, 6.07) is 4.03. The Morgan fingerprint density at radius 2 is 1.40 bits per heavy atom. The topological polar surface area (TPSA) is 117 Å². The Labute approximate surface area is 247 Å². The van der Waals surface area contributed by atoms with E-state index in [9.17, 15) is 14.4 Å². The smallest absolute Gasteiger partial charge is 0.355 e. The lowest BCUT2D eigenvalue weighted by molar-refractivity contribution is 0.0510. The Balaban J connectivity index is 1.90. The van der Waals surface area contributed by atoms with Gasteiger partial charge in [-0.05, 0) is 91.9 Å². The van der Waals surface area contributed by atoms with Gasteiger partial charge in [0.15, 0.2) is 5.78 Å². The van der Waals surface area contributed by atoms with Gasteiger partial charge in [-0.2, -0.15) is 0 Å². The first-order chi connectivity index (χ1) is 19.0. The number of H-pyrrole nitrogens is 3. The molecule has 0 saturated heterocycles. The molecule has 0 spiro atoms. The average Bonchev–Trinajstić information content (AvgIpc) is 3.54. The Bertz CT molecular complexity index is 1880. The highest BCUT2D eigenvalue weighted by atomic mass is 79.9. The number of benzene rings is 2. The summed E-state index contributed by atoms with van der Waals surface area (Å²) in [6.07, 6.45) is 0.293. The van der Waals surface area contributed by atoms with E-state index in [1.807, 2.05) is 26.0 Å². The van der Waals surface area contributed by atoms with Gasteiger partial charge in [0.2, 0.25) is 0 Å². The lowest BCUT2D eigenvalue weighted by Crippen LogP contribution is -2.07. The number of hydrogen-bond acceptors (Lipinski definition) is 5. The van der Waals surface area contributed by atoms with Crippen LogP contribution in [0.25, 0.3) is 32.7 Å². The summed E-state index contributed by atoms with van der Waals surface area (Å²) in [5.41, 5.74) is 7.56. The van der Waals surface area contributed by atoms with Crippen molar-refractivity contribution in [3.8, 4) is 0 Å². The minimum absolute atomic E-state index is 0.154. The van der Waals surface area contributed by atoms with Crippen LogP contribution in [0.5, 0.6) is 0 Å². The van der Waals surface area contributed by atoms with Crippen LogP contribution in [0.3, 0.4) is 0 Å². The molecule has 208 valence electrons. The highest BCUT2D eigenvalue weighted by Gasteiger charge is 2.28. The number of esters is 2. The van der Waals surface area contributed by atoms with Gasteiger partial charge in [-0.3, -0.25) is 4.79 Å². The molecule has 3 N–H and O–H groups in total. The predicted molar refractivity (Wildman–Crippen MR) is 163 cm³/mol. The fourth-order valence-electron chi connectivity index (χ4n) is 5.79. The normalized spacial score (nSPS) is 11.6. The second kappa shape index (κ2) is 10.6. The summed E-state index contributed by atoms with van der Waals surface area (Å²) in [6.45, 7) is 11.2. The molecule has 2 aromatic carbocycles. The molecule has 8 nitrogen and oxygen atoms in total. The summed E-state index contributed by atoms with van der Waals surface area (Å²) < 4.78 is 12.4. The molecule has 0 radical (unpaired) electrons. The van der Waals surface area contributed by atoms with Crippen molar-refractivity contribution in [2.75, 3.05) is 13.2 Å². The molecule has 0 saturated carbocycles. The van der Waals surface area contributed by atoms with Gasteiger partial charge in [-0.1, -0.05) is 15.9 Å². The molecule has 0 bridgehead atoms. The maximum Gasteiger partial charge on any atom is 0.355 e. The first-order valence-corrected chi connectivity index (χ1v) is 14.6. The van der Waals surface area contributed by atoms with Crippen molar-refractivity contribution in [1.82, 2.24) is 15.0 Å². The highest BCUT2D eigenvalue weighted by molar-refractivity contribution is 9.11. The zero-order chi connectivity index (χ0) is 29.0. The van der Waals surface area contributed by atoms with Crippen molar-refractivity contribution in [1.29, 1.82) is 0 Å². The van der Waals surface area contributed by atoms with E-state index in [1.54, 1.807) is 20.8 Å². The van der Waals surface area contributed by atoms with E-state index in [0.29, 0.717) is 28.9 Å². The lowest BCUT2D eigenvalue weighted by atomic mass is 9.93. The van der Waals surface area contributed by atoms with E-state index in [2.05, 4.69) is 46.8 Å². The molecule has 0 atom stereocenters. The van der Waals surface area contributed by atoms with Gasteiger partial charge in [0.25, 0.3) is 0 Å². The number of aryl methyl sites for hydroxylation is 2. The quantitative estimate of drug-likeness (QED) is 0.121. The highest BCUT2D eigenvalue weighted by Crippen LogP contribution is 2.42. The molecule has 0 fully saturated rings. The number of aromatic amines is 3. The maximum atomic E-state index is 12.9. The molecule has 0 aliphatic carbocycles. The number of hydrogen-bond donors (Lipinski definition) is 3. The third-order valence-corrected chi connectivity index (χ3v) is 8.50. The number of nitrogens with one attached hydrogen (secondary N) is 3. The number of ether oxygens (including phenoxy) is 2. The number of ketones is 1. The zero-order valence-electron chi connectivity index (χ0n) is 23.1. The standard InChI is InChI=1S/C30H29Br2N3O5/c1-7-39-29(37)25-14(5)22(15(6)36)20(33-25)11-18-23-17-9-16(31)10-19(32)27(17)34-24(23)12(3)21-13(4)26(35-28(18)21)30(38)40-8-2/h9-10,33-35H,7-8,11H2,1-6H3. The van der Waals surface area contributed by atoms with Gasteiger partial charge in [0, 0.05) is 42.8 Å². The van der Waals surface area contributed by atoms with Crippen LogP contribution in [0.2, 0.25) is 0 Å². The number of carbonyl (C=O) groups is 3. The minimum Gasteiger partial charge on any atom is -0.461 e. The molecule has 0 amide bonds. The van der Waals surface area contributed by atoms with E-state index in [0.717, 1.165) is 58.3 Å². The van der Waals surface area contributed by atoms with Crippen LogP contribution in [-0.4, -0.2) is 45.9 Å². The van der Waals surface area contributed by atoms with Crippen LogP contribution >= 0.6 is 31.9 Å². The van der Waals surface area contributed by atoms with Gasteiger partial charge in [0.05, 0.1) is 29.8 Å². The number of Topliss-reactive ketones (excluding diaryl/α,β-unsaturated/α-hetero) is 1. The molecule has 0 aliphatic rings. The summed E-state index contributed by atoms with van der Waals surface area (Å²) in [7, 11) is 0. The number of rotatable bonds is 7. The van der Waals surface area contributed by atoms with Crippen LogP contribution in [0.4, 0.5) is 0 Å². The Morgan fingerprint density at radius 3 is 2.00 bits per heavy atom. The van der Waals surface area contributed by atoms with Gasteiger partial charge in [-0.15, -0.1) is 0 Å². The van der Waals surface area contributed by atoms with Gasteiger partial charge in [-0.25, -0.2) is 9.59 Å². The molecule has 3 aromatic heterocycles. The Hall–Kier alpha value is -3.37. The van der Waals surface area contributed by atoms with Crippen molar-refractivity contribution in [3.63, 3.8) is 0 Å². The van der Waals surface area contributed by atoms with E-state index >= 15 is 0 Å². The molecule has 10 heteroatoms. The van der Waals surface area contributed by atoms with E-state index in [4.69, 9.17) is 9.47 Å². The van der Waals surface area contributed by atoms with Gasteiger partial charge < -0.3 is 24.4 Å². The van der Waals surface area contributed by atoms with Crippen LogP contribution in [0, 0.1) is 20.8 Å². The minimum atomic E-state index is -0.506. The second-order valence-corrected chi connectivity index (χ2v) is 11.6. The summed E-state index contributed by atoms with van der Waals surface area (Å²) in [4.78, 5) is 48.7. The largest absolute Gasteiger partial charge is 0.461 e. The first kappa shape index (κ1) is 28.2. The average molecular weight is 671 g/mol. The Morgan fingerprint density at radius 1 is 0.775 bits per heavy atom. The number of aromatic nitrogens is 3.